The third-order valence-electron chi connectivity index (χ3n) is 4.56. The molecule has 0 saturated carbocycles. The highest BCUT2D eigenvalue weighted by atomic mass is 32.2. The second-order valence-electron chi connectivity index (χ2n) is 6.34. The van der Waals surface area contributed by atoms with E-state index in [0.717, 1.165) is 37.4 Å². The van der Waals surface area contributed by atoms with Crippen LogP contribution in [0.1, 0.15) is 10.4 Å². The van der Waals surface area contributed by atoms with Crippen LogP contribution in [-0.2, 0) is 0 Å². The van der Waals surface area contributed by atoms with E-state index in [1.165, 1.54) is 28.8 Å². The molecule has 6 nitrogen and oxygen atoms in total. The first-order chi connectivity index (χ1) is 13.7. The molecule has 144 valence electrons. The zero-order chi connectivity index (χ0) is 19.3. The molecule has 0 radical (unpaired) electrons. The van der Waals surface area contributed by atoms with Crippen molar-refractivity contribution in [3.63, 3.8) is 0 Å². The van der Waals surface area contributed by atoms with Crippen LogP contribution in [-0.4, -0.2) is 48.3 Å². The second kappa shape index (κ2) is 8.72. The van der Waals surface area contributed by atoms with E-state index < -0.39 is 0 Å². The molecule has 4 rings (SSSR count). The lowest BCUT2D eigenvalue weighted by molar-refractivity contribution is 0.102. The molecule has 8 heteroatoms. The number of aromatic nitrogens is 2. The molecule has 0 spiro atoms. The van der Waals surface area contributed by atoms with Gasteiger partial charge in [0.2, 0.25) is 0 Å². The number of thioether (sulfide) groups is 1. The number of hydrogen-bond donors (Lipinski definition) is 2. The summed E-state index contributed by atoms with van der Waals surface area (Å²) in [5.74, 6) is -0.187. The molecule has 1 saturated heterocycles. The Morgan fingerprint density at radius 1 is 1.25 bits per heavy atom. The summed E-state index contributed by atoms with van der Waals surface area (Å²) in [6.07, 6.45) is 3.60. The number of pyridine rings is 1. The highest BCUT2D eigenvalue weighted by Gasteiger charge is 2.15. The average molecular weight is 412 g/mol. The number of anilines is 2. The smallest absolute Gasteiger partial charge is 0.260 e. The minimum atomic E-state index is -0.187. The lowest BCUT2D eigenvalue weighted by Crippen LogP contribution is -2.43. The number of piperazine rings is 1. The summed E-state index contributed by atoms with van der Waals surface area (Å²) in [4.78, 5) is 23.8. The molecule has 0 unspecified atom stereocenters. The van der Waals surface area contributed by atoms with Crippen LogP contribution >= 0.6 is 23.1 Å². The van der Waals surface area contributed by atoms with Gasteiger partial charge in [0.15, 0.2) is 5.13 Å². The average Bonchev–Trinajstić information content (AvgIpc) is 3.23. The third-order valence-corrected chi connectivity index (χ3v) is 6.03. The Morgan fingerprint density at radius 2 is 2.11 bits per heavy atom. The molecular weight excluding hydrogens is 390 g/mol. The molecule has 3 heterocycles. The van der Waals surface area contributed by atoms with Gasteiger partial charge in [0, 0.05) is 49.0 Å². The van der Waals surface area contributed by atoms with Gasteiger partial charge in [0.1, 0.15) is 5.03 Å². The van der Waals surface area contributed by atoms with Crippen molar-refractivity contribution in [1.82, 2.24) is 15.3 Å². The maximum Gasteiger partial charge on any atom is 0.260 e. The lowest BCUT2D eigenvalue weighted by atomic mass is 10.1. The summed E-state index contributed by atoms with van der Waals surface area (Å²) >= 11 is 2.88. The highest BCUT2D eigenvalue weighted by molar-refractivity contribution is 7.98. The van der Waals surface area contributed by atoms with Gasteiger partial charge in [-0.05, 0) is 30.5 Å². The molecule has 2 aromatic heterocycles. The minimum absolute atomic E-state index is 0.187. The second-order valence-corrected chi connectivity index (χ2v) is 7.99. The Morgan fingerprint density at radius 3 is 2.93 bits per heavy atom. The van der Waals surface area contributed by atoms with Crippen LogP contribution < -0.4 is 15.5 Å². The Bertz CT molecular complexity index is 968. The quantitative estimate of drug-likeness (QED) is 0.626. The van der Waals surface area contributed by atoms with Crippen LogP contribution in [0.15, 0.2) is 53.0 Å². The molecule has 1 aliphatic rings. The number of hydrogen-bond acceptors (Lipinski definition) is 7. The van der Waals surface area contributed by atoms with E-state index >= 15 is 0 Å². The lowest BCUT2D eigenvalue weighted by Gasteiger charge is -2.29. The first-order valence-electron chi connectivity index (χ1n) is 9.06. The van der Waals surface area contributed by atoms with Crippen molar-refractivity contribution in [1.29, 1.82) is 0 Å². The number of rotatable bonds is 5. The fraction of sp³-hybridized carbons (Fsp3) is 0.250. The molecule has 28 heavy (non-hydrogen) atoms. The summed E-state index contributed by atoms with van der Waals surface area (Å²) in [5, 5.41) is 9.55. The van der Waals surface area contributed by atoms with Gasteiger partial charge < -0.3 is 10.2 Å². The SMILES string of the molecule is CSc1ncccc1C(=O)Nc1nc(-c2cccc(N3CCNCC3)c2)cs1. The van der Waals surface area contributed by atoms with Gasteiger partial charge in [-0.15, -0.1) is 23.1 Å². The van der Waals surface area contributed by atoms with E-state index in [-0.39, 0.29) is 5.91 Å². The van der Waals surface area contributed by atoms with Crippen LogP contribution in [0.4, 0.5) is 10.8 Å². The number of carbonyl (C=O) groups is 1. The Labute approximate surface area is 172 Å². The van der Waals surface area contributed by atoms with E-state index in [9.17, 15) is 4.79 Å². The number of nitrogens with one attached hydrogen (secondary N) is 2. The molecular formula is C20H21N5OS2. The first kappa shape index (κ1) is 18.9. The molecule has 1 aromatic carbocycles. The summed E-state index contributed by atoms with van der Waals surface area (Å²) in [6.45, 7) is 4.02. The van der Waals surface area contributed by atoms with Gasteiger partial charge in [-0.2, -0.15) is 0 Å². The van der Waals surface area contributed by atoms with E-state index in [4.69, 9.17) is 0 Å². The topological polar surface area (TPSA) is 70.2 Å². The zero-order valence-corrected chi connectivity index (χ0v) is 17.1. The third kappa shape index (κ3) is 4.19. The highest BCUT2D eigenvalue weighted by Crippen LogP contribution is 2.29. The van der Waals surface area contributed by atoms with Gasteiger partial charge in [0.25, 0.3) is 5.91 Å². The molecule has 1 amide bonds. The number of carbonyl (C=O) groups excluding carboxylic acids is 1. The van der Waals surface area contributed by atoms with Crippen LogP contribution in [0, 0.1) is 0 Å². The summed E-state index contributed by atoms with van der Waals surface area (Å²) in [5.41, 5.74) is 3.69. The van der Waals surface area contributed by atoms with Crippen molar-refractivity contribution < 1.29 is 4.79 Å². The maximum absolute atomic E-state index is 12.6. The van der Waals surface area contributed by atoms with Gasteiger partial charge in [-0.3, -0.25) is 10.1 Å². The Balaban J connectivity index is 1.51. The van der Waals surface area contributed by atoms with Gasteiger partial charge in [-0.1, -0.05) is 12.1 Å². The largest absolute Gasteiger partial charge is 0.369 e. The molecule has 0 aliphatic carbocycles. The number of nitrogens with zero attached hydrogens (tertiary/aromatic N) is 3. The van der Waals surface area contributed by atoms with Crippen molar-refractivity contribution in [2.45, 2.75) is 5.03 Å². The predicted octanol–water partition coefficient (Wildman–Crippen LogP) is 3.59. The van der Waals surface area contributed by atoms with Crippen molar-refractivity contribution in [3.05, 3.63) is 53.5 Å². The van der Waals surface area contributed by atoms with Crippen molar-refractivity contribution in [3.8, 4) is 11.3 Å². The van der Waals surface area contributed by atoms with Crippen molar-refractivity contribution in [2.75, 3.05) is 42.7 Å². The Kier molecular flexibility index (Phi) is 5.90. The van der Waals surface area contributed by atoms with Crippen LogP contribution in [0.3, 0.4) is 0 Å². The molecule has 0 atom stereocenters. The van der Waals surface area contributed by atoms with Crippen LogP contribution in [0.2, 0.25) is 0 Å². The first-order valence-corrected chi connectivity index (χ1v) is 11.2. The van der Waals surface area contributed by atoms with Crippen LogP contribution in [0.25, 0.3) is 11.3 Å². The van der Waals surface area contributed by atoms with E-state index in [1.54, 1.807) is 18.3 Å². The zero-order valence-electron chi connectivity index (χ0n) is 15.5. The summed E-state index contributed by atoms with van der Waals surface area (Å²) < 4.78 is 0. The minimum Gasteiger partial charge on any atom is -0.369 e. The summed E-state index contributed by atoms with van der Waals surface area (Å²) in [6, 6.07) is 12.0. The predicted molar refractivity (Wildman–Crippen MR) is 117 cm³/mol. The number of benzene rings is 1. The fourth-order valence-electron chi connectivity index (χ4n) is 3.14. The monoisotopic (exact) mass is 411 g/mol. The van der Waals surface area contributed by atoms with E-state index in [2.05, 4.69) is 49.8 Å². The Hall–Kier alpha value is -2.42. The normalized spacial score (nSPS) is 14.1. The van der Waals surface area contributed by atoms with Gasteiger partial charge >= 0.3 is 0 Å². The van der Waals surface area contributed by atoms with Crippen molar-refractivity contribution >= 4 is 39.8 Å². The summed E-state index contributed by atoms with van der Waals surface area (Å²) in [7, 11) is 0. The van der Waals surface area contributed by atoms with Crippen LogP contribution in [0.5, 0.6) is 0 Å². The maximum atomic E-state index is 12.6. The van der Waals surface area contributed by atoms with E-state index in [1.807, 2.05) is 11.6 Å². The van der Waals surface area contributed by atoms with Gasteiger partial charge in [0.05, 0.1) is 11.3 Å². The molecule has 3 aromatic rings. The molecule has 0 bridgehead atoms. The molecule has 1 fully saturated rings. The standard InChI is InChI=1S/C20H21N5OS2/c1-27-19-16(6-3-7-22-19)18(26)24-20-23-17(13-28-20)14-4-2-5-15(12-14)25-10-8-21-9-11-25/h2-7,12-13,21H,8-11H2,1H3,(H,23,24,26). The van der Waals surface area contributed by atoms with Crippen molar-refractivity contribution in [2.24, 2.45) is 0 Å². The molecule has 2 N–H and O–H groups in total. The molecule has 1 aliphatic heterocycles. The fourth-order valence-corrected chi connectivity index (χ4v) is 4.40. The van der Waals surface area contributed by atoms with E-state index in [0.29, 0.717) is 15.7 Å². The number of thiazole rings is 1. The number of amides is 1. The van der Waals surface area contributed by atoms with Gasteiger partial charge in [-0.25, -0.2) is 9.97 Å².